The fourth-order valence-corrected chi connectivity index (χ4v) is 5.66. The van der Waals surface area contributed by atoms with Crippen molar-refractivity contribution >= 4 is 27.5 Å². The van der Waals surface area contributed by atoms with Crippen LogP contribution in [0.15, 0.2) is 83.8 Å². The maximum absolute atomic E-state index is 13.9. The summed E-state index contributed by atoms with van der Waals surface area (Å²) >= 11 is 0. The molecule has 0 saturated carbocycles. The molecule has 0 heterocycles. The molecule has 202 valence electrons. The number of amides is 2. The van der Waals surface area contributed by atoms with E-state index < -0.39 is 34.3 Å². The van der Waals surface area contributed by atoms with Crippen LogP contribution in [0.2, 0.25) is 0 Å². The van der Waals surface area contributed by atoms with E-state index in [0.29, 0.717) is 23.2 Å². The Kier molecular flexibility index (Phi) is 9.63. The first kappa shape index (κ1) is 28.8. The van der Waals surface area contributed by atoms with Gasteiger partial charge >= 0.3 is 0 Å². The second kappa shape index (κ2) is 12.7. The number of carbonyl (C=O) groups excluding carboxylic acids is 2. The van der Waals surface area contributed by atoms with Crippen molar-refractivity contribution < 1.29 is 22.4 Å². The highest BCUT2D eigenvalue weighted by Crippen LogP contribution is 2.27. The third kappa shape index (κ3) is 6.98. The summed E-state index contributed by atoms with van der Waals surface area (Å²) < 4.78 is 42.2. The van der Waals surface area contributed by atoms with Crippen molar-refractivity contribution in [1.82, 2.24) is 10.2 Å². The van der Waals surface area contributed by atoms with Gasteiger partial charge in [0.05, 0.1) is 10.6 Å². The molecule has 0 bridgehead atoms. The van der Waals surface area contributed by atoms with Crippen LogP contribution in [-0.2, 0) is 26.2 Å². The molecule has 1 atom stereocenters. The van der Waals surface area contributed by atoms with Crippen molar-refractivity contribution in [3.05, 3.63) is 95.8 Å². The van der Waals surface area contributed by atoms with Crippen molar-refractivity contribution in [2.45, 2.75) is 57.6 Å². The lowest BCUT2D eigenvalue weighted by Crippen LogP contribution is -2.53. The molecule has 0 aliphatic heterocycles. The first-order chi connectivity index (χ1) is 18.0. The Morgan fingerprint density at radius 2 is 1.53 bits per heavy atom. The lowest BCUT2D eigenvalue weighted by atomic mass is 10.1. The van der Waals surface area contributed by atoms with E-state index in [9.17, 15) is 22.4 Å². The molecule has 0 aromatic heterocycles. The highest BCUT2D eigenvalue weighted by Gasteiger charge is 2.34. The SMILES string of the molecule is CC[C@@H](C(=O)NC(C)C)N(Cc1ccc(F)cc1)C(=O)CN(c1ccccc1C)S(=O)(=O)c1ccccc1. The molecule has 3 aromatic carbocycles. The van der Waals surface area contributed by atoms with E-state index in [4.69, 9.17) is 0 Å². The van der Waals surface area contributed by atoms with E-state index in [1.807, 2.05) is 13.8 Å². The molecule has 9 heteroatoms. The van der Waals surface area contributed by atoms with Crippen LogP contribution in [0.25, 0.3) is 0 Å². The van der Waals surface area contributed by atoms with Crippen molar-refractivity contribution in [1.29, 1.82) is 0 Å². The summed E-state index contributed by atoms with van der Waals surface area (Å²) in [5, 5.41) is 2.85. The average Bonchev–Trinajstić information content (AvgIpc) is 2.88. The van der Waals surface area contributed by atoms with Gasteiger partial charge < -0.3 is 10.2 Å². The van der Waals surface area contributed by atoms with Crippen molar-refractivity contribution in [2.24, 2.45) is 0 Å². The molecule has 0 aliphatic carbocycles. The Hall–Kier alpha value is -3.72. The predicted molar refractivity (Wildman–Crippen MR) is 146 cm³/mol. The van der Waals surface area contributed by atoms with Gasteiger partial charge in [-0.15, -0.1) is 0 Å². The normalized spacial score (nSPS) is 12.2. The van der Waals surface area contributed by atoms with E-state index in [2.05, 4.69) is 5.32 Å². The average molecular weight is 540 g/mol. The highest BCUT2D eigenvalue weighted by molar-refractivity contribution is 7.92. The molecular weight excluding hydrogens is 505 g/mol. The number of rotatable bonds is 11. The molecule has 0 aliphatic rings. The monoisotopic (exact) mass is 539 g/mol. The van der Waals surface area contributed by atoms with Crippen LogP contribution in [0.1, 0.15) is 38.3 Å². The van der Waals surface area contributed by atoms with E-state index in [0.717, 1.165) is 4.31 Å². The van der Waals surface area contributed by atoms with Gasteiger partial charge in [0, 0.05) is 12.6 Å². The Morgan fingerprint density at radius 1 is 0.921 bits per heavy atom. The molecule has 2 amide bonds. The van der Waals surface area contributed by atoms with Crippen LogP contribution in [0, 0.1) is 12.7 Å². The number of halogens is 1. The molecule has 0 radical (unpaired) electrons. The van der Waals surface area contributed by atoms with Crippen LogP contribution in [0.3, 0.4) is 0 Å². The van der Waals surface area contributed by atoms with Gasteiger partial charge in [-0.05, 0) is 68.7 Å². The van der Waals surface area contributed by atoms with Gasteiger partial charge in [-0.1, -0.05) is 55.5 Å². The zero-order chi connectivity index (χ0) is 27.9. The van der Waals surface area contributed by atoms with E-state index >= 15 is 0 Å². The van der Waals surface area contributed by atoms with Gasteiger partial charge in [-0.25, -0.2) is 12.8 Å². The first-order valence-electron chi connectivity index (χ1n) is 12.5. The fraction of sp³-hybridized carbons (Fsp3) is 0.310. The number of nitrogens with one attached hydrogen (secondary N) is 1. The summed E-state index contributed by atoms with van der Waals surface area (Å²) in [5.41, 5.74) is 1.66. The van der Waals surface area contributed by atoms with Crippen LogP contribution in [0.4, 0.5) is 10.1 Å². The second-order valence-corrected chi connectivity index (χ2v) is 11.2. The maximum Gasteiger partial charge on any atom is 0.264 e. The highest BCUT2D eigenvalue weighted by atomic mass is 32.2. The minimum Gasteiger partial charge on any atom is -0.352 e. The lowest BCUT2D eigenvalue weighted by Gasteiger charge is -2.34. The van der Waals surface area contributed by atoms with Crippen LogP contribution in [0.5, 0.6) is 0 Å². The number of hydrogen-bond donors (Lipinski definition) is 1. The van der Waals surface area contributed by atoms with Crippen molar-refractivity contribution in [3.8, 4) is 0 Å². The van der Waals surface area contributed by atoms with Gasteiger partial charge in [0.15, 0.2) is 0 Å². The molecule has 0 saturated heterocycles. The third-order valence-electron chi connectivity index (χ3n) is 6.08. The van der Waals surface area contributed by atoms with Gasteiger partial charge in [-0.3, -0.25) is 13.9 Å². The zero-order valence-corrected chi connectivity index (χ0v) is 22.9. The molecule has 3 aromatic rings. The third-order valence-corrected chi connectivity index (χ3v) is 7.85. The number of benzene rings is 3. The summed E-state index contributed by atoms with van der Waals surface area (Å²) in [5.74, 6) is -1.31. The molecule has 3 rings (SSSR count). The topological polar surface area (TPSA) is 86.8 Å². The largest absolute Gasteiger partial charge is 0.352 e. The number of sulfonamides is 1. The van der Waals surface area contributed by atoms with E-state index in [1.54, 1.807) is 68.4 Å². The van der Waals surface area contributed by atoms with Crippen molar-refractivity contribution in [2.75, 3.05) is 10.8 Å². The molecule has 0 unspecified atom stereocenters. The number of carbonyl (C=O) groups is 2. The minimum atomic E-state index is -4.12. The van der Waals surface area contributed by atoms with Crippen LogP contribution in [-0.4, -0.2) is 43.8 Å². The standard InChI is InChI=1S/C29H34FN3O4S/c1-5-26(29(35)31-21(2)3)32(19-23-15-17-24(30)18-16-23)28(34)20-33(27-14-10-9-11-22(27)4)38(36,37)25-12-7-6-8-13-25/h6-18,21,26H,5,19-20H2,1-4H3,(H,31,35)/t26-/m0/s1. The van der Waals surface area contributed by atoms with Crippen LogP contribution >= 0.6 is 0 Å². The molecule has 0 fully saturated rings. The van der Waals surface area contributed by atoms with Gasteiger partial charge in [0.25, 0.3) is 10.0 Å². The molecular formula is C29H34FN3O4S. The number of aryl methyl sites for hydroxylation is 1. The molecule has 38 heavy (non-hydrogen) atoms. The smallest absolute Gasteiger partial charge is 0.264 e. The van der Waals surface area contributed by atoms with Gasteiger partial charge in [-0.2, -0.15) is 0 Å². The van der Waals surface area contributed by atoms with E-state index in [-0.39, 0.29) is 23.4 Å². The molecule has 7 nitrogen and oxygen atoms in total. The zero-order valence-electron chi connectivity index (χ0n) is 22.1. The number of anilines is 1. The van der Waals surface area contributed by atoms with Gasteiger partial charge in [0.2, 0.25) is 11.8 Å². The summed E-state index contributed by atoms with van der Waals surface area (Å²) in [6.45, 7) is 6.70. The maximum atomic E-state index is 13.9. The summed E-state index contributed by atoms with van der Waals surface area (Å²) in [7, 11) is -4.12. The minimum absolute atomic E-state index is 0.0101. The summed E-state index contributed by atoms with van der Waals surface area (Å²) in [6, 6.07) is 19.5. The predicted octanol–water partition coefficient (Wildman–Crippen LogP) is 4.66. The molecule has 1 N–H and O–H groups in total. The molecule has 0 spiro atoms. The van der Waals surface area contributed by atoms with Crippen LogP contribution < -0.4 is 9.62 Å². The Labute approximate surface area is 224 Å². The quantitative estimate of drug-likeness (QED) is 0.384. The van der Waals surface area contributed by atoms with Gasteiger partial charge in [0.1, 0.15) is 18.4 Å². The van der Waals surface area contributed by atoms with Crippen molar-refractivity contribution in [3.63, 3.8) is 0 Å². The Morgan fingerprint density at radius 3 is 2.11 bits per heavy atom. The number of nitrogens with zero attached hydrogens (tertiary/aromatic N) is 2. The van der Waals surface area contributed by atoms with E-state index in [1.165, 1.54) is 29.2 Å². The Balaban J connectivity index is 2.06. The summed E-state index contributed by atoms with van der Waals surface area (Å²) in [6.07, 6.45) is 0.307. The first-order valence-corrected chi connectivity index (χ1v) is 14.0. The second-order valence-electron chi connectivity index (χ2n) is 9.35. The lowest BCUT2D eigenvalue weighted by molar-refractivity contribution is -0.140. The Bertz CT molecular complexity index is 1350. The number of hydrogen-bond acceptors (Lipinski definition) is 4. The number of para-hydroxylation sites is 1. The summed E-state index contributed by atoms with van der Waals surface area (Å²) in [4.78, 5) is 28.5. The fourth-order valence-electron chi connectivity index (χ4n) is 4.16.